The number of hydrogen-bond acceptors (Lipinski definition) is 5. The Hall–Kier alpha value is -1.79. The van der Waals surface area contributed by atoms with Gasteiger partial charge in [-0.25, -0.2) is 0 Å². The van der Waals surface area contributed by atoms with Crippen LogP contribution in [0.2, 0.25) is 0 Å². The first-order valence-corrected chi connectivity index (χ1v) is 10.5. The van der Waals surface area contributed by atoms with Crippen molar-refractivity contribution in [2.75, 3.05) is 19.6 Å². The van der Waals surface area contributed by atoms with Crippen LogP contribution in [-0.2, 0) is 4.79 Å². The number of aromatic nitrogens is 1. The molecule has 0 spiro atoms. The Morgan fingerprint density at radius 3 is 2.74 bits per heavy atom. The van der Waals surface area contributed by atoms with Gasteiger partial charge in [0, 0.05) is 49.6 Å². The van der Waals surface area contributed by atoms with E-state index in [-0.39, 0.29) is 29.6 Å². The van der Waals surface area contributed by atoms with E-state index in [2.05, 4.69) is 15.8 Å². The second-order valence-corrected chi connectivity index (χ2v) is 8.28. The van der Waals surface area contributed by atoms with E-state index in [1.54, 1.807) is 18.5 Å². The van der Waals surface area contributed by atoms with Crippen molar-refractivity contribution >= 4 is 11.7 Å². The summed E-state index contributed by atoms with van der Waals surface area (Å²) in [6.45, 7) is 2.00. The van der Waals surface area contributed by atoms with Crippen molar-refractivity contribution in [1.29, 1.82) is 0 Å². The normalized spacial score (nSPS) is 29.6. The molecule has 0 radical (unpaired) electrons. The molecular formula is C21H30N4O2. The molecule has 6 heteroatoms. The first-order valence-electron chi connectivity index (χ1n) is 10.5. The summed E-state index contributed by atoms with van der Waals surface area (Å²) in [6, 6.07) is 3.84. The summed E-state index contributed by atoms with van der Waals surface area (Å²) >= 11 is 0. The van der Waals surface area contributed by atoms with E-state index in [4.69, 9.17) is 0 Å². The molecule has 1 aliphatic carbocycles. The van der Waals surface area contributed by atoms with E-state index in [1.165, 1.54) is 32.1 Å². The first kappa shape index (κ1) is 18.6. The Morgan fingerprint density at radius 2 is 1.96 bits per heavy atom. The van der Waals surface area contributed by atoms with Crippen molar-refractivity contribution in [3.8, 4) is 0 Å². The number of Topliss-reactive ketones (excluding diaryl/α,β-unsaturated/α-hetero) is 1. The number of carbonyl (C=O) groups excluding carboxylic acids is 2. The van der Waals surface area contributed by atoms with Crippen molar-refractivity contribution in [2.24, 2.45) is 17.8 Å². The summed E-state index contributed by atoms with van der Waals surface area (Å²) in [5.74, 6) is 0.793. The van der Waals surface area contributed by atoms with Crippen LogP contribution in [0.5, 0.6) is 0 Å². The average molecular weight is 370 g/mol. The van der Waals surface area contributed by atoms with Crippen molar-refractivity contribution < 1.29 is 9.59 Å². The minimum absolute atomic E-state index is 0.0136. The fourth-order valence-electron chi connectivity index (χ4n) is 5.06. The highest BCUT2D eigenvalue weighted by atomic mass is 16.2. The van der Waals surface area contributed by atoms with Gasteiger partial charge in [0.2, 0.25) is 5.91 Å². The number of likely N-dealkylation sites (tertiary alicyclic amines) is 1. The number of hydrogen-bond donors (Lipinski definition) is 2. The van der Waals surface area contributed by atoms with Crippen LogP contribution in [0, 0.1) is 17.8 Å². The topological polar surface area (TPSA) is 74.3 Å². The Kier molecular flexibility index (Phi) is 5.83. The molecule has 2 saturated heterocycles. The molecule has 0 aromatic carbocycles. The summed E-state index contributed by atoms with van der Waals surface area (Å²) in [5.41, 5.74) is 7.26. The Bertz CT molecular complexity index is 659. The van der Waals surface area contributed by atoms with Gasteiger partial charge >= 0.3 is 0 Å². The van der Waals surface area contributed by atoms with Crippen LogP contribution in [-0.4, -0.2) is 47.3 Å². The molecule has 3 unspecified atom stereocenters. The number of pyridine rings is 1. The fourth-order valence-corrected chi connectivity index (χ4v) is 5.06. The quantitative estimate of drug-likeness (QED) is 0.795. The summed E-state index contributed by atoms with van der Waals surface area (Å²) in [4.78, 5) is 32.1. The van der Waals surface area contributed by atoms with Crippen LogP contribution in [0.4, 0.5) is 0 Å². The third-order valence-electron chi connectivity index (χ3n) is 6.55. The monoisotopic (exact) mass is 370 g/mol. The van der Waals surface area contributed by atoms with E-state index in [9.17, 15) is 9.59 Å². The standard InChI is InChI=1S/C21H30N4O2/c26-20(16-8-4-10-22-12-16)17-9-5-11-25(14-17)21(27)18-13-23-24-19(18)15-6-2-1-3-7-15/h4,8,10,12,15,17-19,23-24H,1-3,5-7,9,11,13-14H2. The molecular weight excluding hydrogens is 340 g/mol. The second-order valence-electron chi connectivity index (χ2n) is 8.28. The van der Waals surface area contributed by atoms with Gasteiger partial charge in [0.25, 0.3) is 0 Å². The Balaban J connectivity index is 1.41. The number of nitrogens with zero attached hydrogens (tertiary/aromatic N) is 2. The molecule has 0 bridgehead atoms. The van der Waals surface area contributed by atoms with Crippen LogP contribution in [0.15, 0.2) is 24.5 Å². The summed E-state index contributed by atoms with van der Waals surface area (Å²) < 4.78 is 0. The smallest absolute Gasteiger partial charge is 0.228 e. The summed E-state index contributed by atoms with van der Waals surface area (Å²) in [6.07, 6.45) is 11.3. The summed E-state index contributed by atoms with van der Waals surface area (Å²) in [7, 11) is 0. The van der Waals surface area contributed by atoms with E-state index >= 15 is 0 Å². The molecule has 3 aliphatic rings. The van der Waals surface area contributed by atoms with Crippen molar-refractivity contribution in [1.82, 2.24) is 20.7 Å². The van der Waals surface area contributed by atoms with E-state index in [0.717, 1.165) is 19.4 Å². The van der Waals surface area contributed by atoms with E-state index in [0.29, 0.717) is 24.6 Å². The highest BCUT2D eigenvalue weighted by molar-refractivity contribution is 5.98. The van der Waals surface area contributed by atoms with Crippen molar-refractivity contribution in [2.45, 2.75) is 51.0 Å². The van der Waals surface area contributed by atoms with E-state index in [1.807, 2.05) is 11.0 Å². The predicted molar refractivity (Wildman–Crippen MR) is 103 cm³/mol. The maximum absolute atomic E-state index is 13.3. The fraction of sp³-hybridized carbons (Fsp3) is 0.667. The maximum Gasteiger partial charge on any atom is 0.228 e. The SMILES string of the molecule is O=C(c1cccnc1)C1CCCN(C(=O)C2CNNC2C2CCCCC2)C1. The van der Waals surface area contributed by atoms with Crippen LogP contribution in [0.25, 0.3) is 0 Å². The lowest BCUT2D eigenvalue weighted by Gasteiger charge is -2.36. The lowest BCUT2D eigenvalue weighted by atomic mass is 9.79. The number of amides is 1. The number of rotatable bonds is 4. The molecule has 1 aromatic rings. The van der Waals surface area contributed by atoms with Crippen LogP contribution >= 0.6 is 0 Å². The number of carbonyl (C=O) groups is 2. The highest BCUT2D eigenvalue weighted by Crippen LogP contribution is 2.32. The van der Waals surface area contributed by atoms with Crippen LogP contribution in [0.1, 0.15) is 55.3 Å². The van der Waals surface area contributed by atoms with Crippen LogP contribution in [0.3, 0.4) is 0 Å². The molecule has 6 nitrogen and oxygen atoms in total. The third-order valence-corrected chi connectivity index (χ3v) is 6.55. The minimum atomic E-state index is -0.109. The second kappa shape index (κ2) is 8.48. The molecule has 2 N–H and O–H groups in total. The largest absolute Gasteiger partial charge is 0.342 e. The van der Waals surface area contributed by atoms with Crippen LogP contribution < -0.4 is 10.9 Å². The Morgan fingerprint density at radius 1 is 1.11 bits per heavy atom. The zero-order valence-corrected chi connectivity index (χ0v) is 15.9. The molecule has 27 heavy (non-hydrogen) atoms. The lowest BCUT2D eigenvalue weighted by Crippen LogP contribution is -2.49. The number of hydrazine groups is 1. The highest BCUT2D eigenvalue weighted by Gasteiger charge is 2.41. The molecule has 3 atom stereocenters. The first-order chi connectivity index (χ1) is 13.2. The van der Waals surface area contributed by atoms with Gasteiger partial charge in [-0.2, -0.15) is 0 Å². The number of piperidine rings is 1. The van der Waals surface area contributed by atoms with Gasteiger partial charge in [-0.15, -0.1) is 0 Å². The van der Waals surface area contributed by atoms with Gasteiger partial charge in [0.15, 0.2) is 5.78 Å². The maximum atomic E-state index is 13.3. The zero-order valence-electron chi connectivity index (χ0n) is 15.9. The van der Waals surface area contributed by atoms with Gasteiger partial charge in [0.05, 0.1) is 5.92 Å². The number of ketones is 1. The summed E-state index contributed by atoms with van der Waals surface area (Å²) in [5, 5.41) is 0. The predicted octanol–water partition coefficient (Wildman–Crippen LogP) is 2.18. The molecule has 1 saturated carbocycles. The molecule has 4 rings (SSSR count). The lowest BCUT2D eigenvalue weighted by molar-refractivity contribution is -0.137. The minimum Gasteiger partial charge on any atom is -0.342 e. The van der Waals surface area contributed by atoms with Gasteiger partial charge in [-0.1, -0.05) is 19.3 Å². The van der Waals surface area contributed by atoms with Gasteiger partial charge in [-0.05, 0) is 43.7 Å². The third kappa shape index (κ3) is 4.06. The van der Waals surface area contributed by atoms with Crippen molar-refractivity contribution in [3.63, 3.8) is 0 Å². The van der Waals surface area contributed by atoms with Gasteiger partial charge in [0.1, 0.15) is 0 Å². The van der Waals surface area contributed by atoms with Crippen molar-refractivity contribution in [3.05, 3.63) is 30.1 Å². The molecule has 3 heterocycles. The van der Waals surface area contributed by atoms with Gasteiger partial charge < -0.3 is 4.90 Å². The molecule has 3 fully saturated rings. The number of nitrogens with one attached hydrogen (secondary N) is 2. The molecule has 2 aliphatic heterocycles. The molecule has 1 amide bonds. The molecule has 1 aromatic heterocycles. The zero-order chi connectivity index (χ0) is 18.6. The van der Waals surface area contributed by atoms with Gasteiger partial charge in [-0.3, -0.25) is 25.4 Å². The average Bonchev–Trinajstić information content (AvgIpc) is 3.24. The van der Waals surface area contributed by atoms with E-state index < -0.39 is 0 Å². The Labute approximate surface area is 161 Å². The molecule has 146 valence electrons.